The summed E-state index contributed by atoms with van der Waals surface area (Å²) >= 11 is 0. The molecule has 0 saturated heterocycles. The molecule has 0 aromatic rings. The third-order valence-corrected chi connectivity index (χ3v) is 1.50. The summed E-state index contributed by atoms with van der Waals surface area (Å²) in [4.78, 5) is 0. The van der Waals surface area contributed by atoms with Crippen LogP contribution in [0.1, 0.15) is 38.5 Å². The number of hydrogen-bond donors (Lipinski definition) is 0. The van der Waals surface area contributed by atoms with Gasteiger partial charge in [-0.2, -0.15) is 0 Å². The van der Waals surface area contributed by atoms with E-state index in [1.54, 1.807) is 0 Å². The normalized spacial score (nSPS) is 18.0. The van der Waals surface area contributed by atoms with Crippen LogP contribution in [0.3, 0.4) is 0 Å². The van der Waals surface area contributed by atoms with E-state index in [9.17, 15) is 0 Å². The smallest absolute Gasteiger partial charge is 0 e. The van der Waals surface area contributed by atoms with Crippen molar-refractivity contribution in [2.45, 2.75) is 38.5 Å². The molecule has 1 rings (SSSR count). The van der Waals surface area contributed by atoms with Gasteiger partial charge in [0.25, 0.3) is 0 Å². The van der Waals surface area contributed by atoms with Gasteiger partial charge in [-0.05, 0) is 0 Å². The Morgan fingerprint density at radius 3 is 0.750 bits per heavy atom. The number of hydrogen-bond acceptors (Lipinski definition) is 0. The summed E-state index contributed by atoms with van der Waals surface area (Å²) in [6, 6.07) is 0. The maximum Gasteiger partial charge on any atom is 0 e. The molecule has 2 heteroatoms. The van der Waals surface area contributed by atoms with Gasteiger partial charge in [0, 0.05) is 19.4 Å². The highest BCUT2D eigenvalue weighted by molar-refractivity contribution is 5.76. The molecule has 0 heterocycles. The van der Waals surface area contributed by atoms with Gasteiger partial charge >= 0.3 is 0 Å². The Balaban J connectivity index is 0. The van der Waals surface area contributed by atoms with Crippen LogP contribution in [0, 0.1) is 0 Å². The molecule has 43 valence electrons. The Bertz CT molecular complexity index is 24.0. The molecule has 0 aliphatic heterocycles. The van der Waals surface area contributed by atoms with Crippen LogP contribution in [0.2, 0.25) is 0 Å². The van der Waals surface area contributed by atoms with Crippen molar-refractivity contribution in [2.24, 2.45) is 0 Å². The third-order valence-electron chi connectivity index (χ3n) is 1.50. The molecule has 0 atom stereocenters. The van der Waals surface area contributed by atoms with Crippen LogP contribution in [0.25, 0.3) is 0 Å². The van der Waals surface area contributed by atoms with Crippen LogP contribution >= 0.6 is 0 Å². The van der Waals surface area contributed by atoms with Crippen molar-refractivity contribution >= 4 is 19.4 Å². The van der Waals surface area contributed by atoms with Gasteiger partial charge < -0.3 is 0 Å². The molecular weight excluding hydrogens is 111 g/mol. The fraction of sp³-hybridized carbons (Fsp3) is 1.00. The lowest BCUT2D eigenvalue weighted by atomic mass is 10.0. The Hall–Kier alpha value is 0.282. The van der Waals surface area contributed by atoms with Crippen molar-refractivity contribution < 1.29 is 0 Å². The van der Waals surface area contributed by atoms with Gasteiger partial charge in [0.2, 0.25) is 0 Å². The van der Waals surface area contributed by atoms with Crippen molar-refractivity contribution in [3.8, 4) is 0 Å². The zero-order valence-corrected chi connectivity index (χ0v) is 6.32. The predicted octanol–water partition coefficient (Wildman–Crippen LogP) is 1.58. The van der Waals surface area contributed by atoms with Gasteiger partial charge in [-0.15, -0.1) is 0 Å². The van der Waals surface area contributed by atoms with Gasteiger partial charge in [0.1, 0.15) is 0 Å². The van der Waals surface area contributed by atoms with Crippen molar-refractivity contribution in [3.05, 3.63) is 0 Å². The maximum atomic E-state index is 1.50. The monoisotopic (exact) mass is 123 g/mol. The first-order valence-electron chi connectivity index (χ1n) is 3.00. The predicted molar refractivity (Wildman–Crippen MR) is 39.2 cm³/mol. The zero-order valence-electron chi connectivity index (χ0n) is 5.32. The molecule has 1 aliphatic carbocycles. The van der Waals surface area contributed by atoms with Crippen molar-refractivity contribution in [2.75, 3.05) is 0 Å². The van der Waals surface area contributed by atoms with Crippen LogP contribution in [0.15, 0.2) is 0 Å². The average molecular weight is 123 g/mol. The van der Waals surface area contributed by atoms with Crippen LogP contribution < -0.4 is 0 Å². The molecule has 0 nitrogen and oxygen atoms in total. The molecule has 1 fully saturated rings. The summed E-state index contributed by atoms with van der Waals surface area (Å²) in [7, 11) is 0. The van der Waals surface area contributed by atoms with Gasteiger partial charge in [0.15, 0.2) is 0 Å². The Labute approximate surface area is 58.7 Å². The van der Waals surface area contributed by atoms with E-state index in [0.29, 0.717) is 0 Å². The van der Waals surface area contributed by atoms with Gasteiger partial charge in [0.05, 0.1) is 0 Å². The van der Waals surface area contributed by atoms with E-state index in [0.717, 1.165) is 0 Å². The van der Waals surface area contributed by atoms with E-state index in [1.807, 2.05) is 0 Å². The minimum Gasteiger partial charge on any atom is -0.0533 e. The van der Waals surface area contributed by atoms with Gasteiger partial charge in [-0.1, -0.05) is 38.5 Å². The average Bonchev–Trinajstić information content (AvgIpc) is 1.72. The number of rotatable bonds is 0. The second-order valence-electron chi connectivity index (χ2n) is 2.12. The highest BCUT2D eigenvalue weighted by atomic mass is 28.1. The van der Waals surface area contributed by atoms with E-state index in [1.165, 1.54) is 38.5 Å². The molecule has 1 aliphatic rings. The molecular formula is C6H12BSi. The SMILES string of the molecule is C1CCCCC1.[B].[Si]. The summed E-state index contributed by atoms with van der Waals surface area (Å²) in [5.74, 6) is 0. The maximum absolute atomic E-state index is 1.50. The lowest BCUT2D eigenvalue weighted by molar-refractivity contribution is 0.504. The summed E-state index contributed by atoms with van der Waals surface area (Å²) in [6.07, 6.45) is 9.00. The molecule has 0 aromatic heterocycles. The molecule has 7 radical (unpaired) electrons. The second-order valence-corrected chi connectivity index (χ2v) is 2.12. The molecule has 0 aromatic carbocycles. The van der Waals surface area contributed by atoms with Crippen LogP contribution in [-0.4, -0.2) is 19.4 Å². The second kappa shape index (κ2) is 7.28. The third kappa shape index (κ3) is 4.44. The molecule has 0 N–H and O–H groups in total. The van der Waals surface area contributed by atoms with Crippen molar-refractivity contribution in [1.29, 1.82) is 0 Å². The Morgan fingerprint density at radius 2 is 0.625 bits per heavy atom. The van der Waals surface area contributed by atoms with E-state index in [-0.39, 0.29) is 19.4 Å². The largest absolute Gasteiger partial charge is 0.0533 e. The lowest BCUT2D eigenvalue weighted by Crippen LogP contribution is -1.85. The first kappa shape index (κ1) is 11.1. The minimum absolute atomic E-state index is 0. The van der Waals surface area contributed by atoms with E-state index in [4.69, 9.17) is 0 Å². The van der Waals surface area contributed by atoms with E-state index < -0.39 is 0 Å². The van der Waals surface area contributed by atoms with Gasteiger partial charge in [-0.25, -0.2) is 0 Å². The summed E-state index contributed by atoms with van der Waals surface area (Å²) in [6.45, 7) is 0. The molecule has 8 heavy (non-hydrogen) atoms. The molecule has 0 unspecified atom stereocenters. The van der Waals surface area contributed by atoms with Gasteiger partial charge in [-0.3, -0.25) is 0 Å². The molecule has 1 saturated carbocycles. The summed E-state index contributed by atoms with van der Waals surface area (Å²) in [5, 5.41) is 0. The summed E-state index contributed by atoms with van der Waals surface area (Å²) in [5.41, 5.74) is 0. The topological polar surface area (TPSA) is 0 Å². The fourth-order valence-electron chi connectivity index (χ4n) is 1.06. The first-order chi connectivity index (χ1) is 3.00. The highest BCUT2D eigenvalue weighted by Gasteiger charge is 1.95. The van der Waals surface area contributed by atoms with Crippen molar-refractivity contribution in [1.82, 2.24) is 0 Å². The molecule has 0 amide bonds. The highest BCUT2D eigenvalue weighted by Crippen LogP contribution is 2.15. The minimum atomic E-state index is 0. The van der Waals surface area contributed by atoms with E-state index >= 15 is 0 Å². The van der Waals surface area contributed by atoms with E-state index in [2.05, 4.69) is 0 Å². The lowest BCUT2D eigenvalue weighted by Gasteiger charge is -2.05. The van der Waals surface area contributed by atoms with Crippen LogP contribution in [0.4, 0.5) is 0 Å². The quantitative estimate of drug-likeness (QED) is 0.429. The van der Waals surface area contributed by atoms with Crippen LogP contribution in [0.5, 0.6) is 0 Å². The Kier molecular flexibility index (Phi) is 10.1. The van der Waals surface area contributed by atoms with Crippen LogP contribution in [-0.2, 0) is 0 Å². The molecule has 0 spiro atoms. The molecule has 0 bridgehead atoms. The standard InChI is InChI=1S/C6H12.B.Si/c1-2-4-6-5-3-1;;/h1-6H2;;. The van der Waals surface area contributed by atoms with Crippen molar-refractivity contribution in [3.63, 3.8) is 0 Å². The zero-order chi connectivity index (χ0) is 4.24. The Morgan fingerprint density at radius 1 is 0.500 bits per heavy atom. The first-order valence-corrected chi connectivity index (χ1v) is 3.00. The fourth-order valence-corrected chi connectivity index (χ4v) is 1.06. The summed E-state index contributed by atoms with van der Waals surface area (Å²) < 4.78 is 0.